The lowest BCUT2D eigenvalue weighted by Crippen LogP contribution is -2.28. The van der Waals surface area contributed by atoms with Gasteiger partial charge in [-0.05, 0) is 0 Å². The molecular formula is C8H6F3N3O4. The number of nitrogens with one attached hydrogen (secondary N) is 2. The number of alkyl halides is 3. The van der Waals surface area contributed by atoms with E-state index in [2.05, 4.69) is 10.2 Å². The quantitative estimate of drug-likeness (QED) is 0.689. The van der Waals surface area contributed by atoms with Crippen LogP contribution in [0.2, 0.25) is 0 Å². The first-order valence-corrected chi connectivity index (χ1v) is 4.38. The topological polar surface area (TPSA) is 112 Å². The van der Waals surface area contributed by atoms with Crippen LogP contribution in [-0.2, 0) is 9.59 Å². The number of hydrogen-bond acceptors (Lipinski definition) is 4. The van der Waals surface area contributed by atoms with Gasteiger partial charge in [0, 0.05) is 0 Å². The number of aromatic carboxylic acids is 1. The fraction of sp³-hybridized carbons (Fsp3) is 0.250. The lowest BCUT2D eigenvalue weighted by molar-refractivity contribution is -0.171. The van der Waals surface area contributed by atoms with E-state index in [-0.39, 0.29) is 5.82 Å². The number of carboxylic acid groups (broad SMARTS) is 1. The van der Waals surface area contributed by atoms with Crippen LogP contribution in [-0.4, -0.2) is 39.1 Å². The Morgan fingerprint density at radius 2 is 2.00 bits per heavy atom. The van der Waals surface area contributed by atoms with E-state index in [1.54, 1.807) is 0 Å². The average Bonchev–Trinajstić information content (AvgIpc) is 2.63. The number of carbonyl (C=O) groups excluding carboxylic acids is 2. The highest BCUT2D eigenvalue weighted by Gasteiger charge is 2.39. The molecule has 1 heterocycles. The van der Waals surface area contributed by atoms with E-state index in [0.29, 0.717) is 0 Å². The van der Waals surface area contributed by atoms with Gasteiger partial charge in [-0.25, -0.2) is 4.79 Å². The van der Waals surface area contributed by atoms with Crippen LogP contribution in [0.15, 0.2) is 6.20 Å². The summed E-state index contributed by atoms with van der Waals surface area (Å²) in [7, 11) is 0. The first-order chi connectivity index (χ1) is 8.21. The van der Waals surface area contributed by atoms with Crippen LogP contribution in [0.5, 0.6) is 0 Å². The van der Waals surface area contributed by atoms with Crippen molar-refractivity contribution < 1.29 is 32.7 Å². The fourth-order valence-electron chi connectivity index (χ4n) is 0.973. The van der Waals surface area contributed by atoms with Crippen LogP contribution >= 0.6 is 0 Å². The molecule has 1 amide bonds. The van der Waals surface area contributed by atoms with E-state index in [1.807, 2.05) is 5.32 Å². The number of anilines is 1. The zero-order valence-corrected chi connectivity index (χ0v) is 8.54. The van der Waals surface area contributed by atoms with E-state index in [0.717, 1.165) is 6.20 Å². The third kappa shape index (κ3) is 3.30. The third-order valence-electron chi connectivity index (χ3n) is 1.77. The Kier molecular flexibility index (Phi) is 3.69. The SMILES string of the molecule is O=C(CC(=O)C(F)(F)F)Nc1[nH]ncc1C(=O)O. The number of rotatable bonds is 4. The zero-order valence-electron chi connectivity index (χ0n) is 8.54. The number of aromatic nitrogens is 2. The molecule has 0 spiro atoms. The van der Waals surface area contributed by atoms with Crippen molar-refractivity contribution in [1.29, 1.82) is 0 Å². The summed E-state index contributed by atoms with van der Waals surface area (Å²) in [6.07, 6.45) is -5.67. The van der Waals surface area contributed by atoms with Crippen molar-refractivity contribution in [3.8, 4) is 0 Å². The number of carbonyl (C=O) groups is 3. The average molecular weight is 265 g/mol. The number of amides is 1. The molecule has 98 valence electrons. The summed E-state index contributed by atoms with van der Waals surface area (Å²) in [5.41, 5.74) is -0.428. The molecule has 0 bridgehead atoms. The normalized spacial score (nSPS) is 11.1. The van der Waals surface area contributed by atoms with E-state index >= 15 is 0 Å². The molecule has 0 aromatic carbocycles. The van der Waals surface area contributed by atoms with Gasteiger partial charge in [0.1, 0.15) is 11.4 Å². The van der Waals surface area contributed by atoms with Crippen molar-refractivity contribution >= 4 is 23.5 Å². The minimum absolute atomic E-state index is 0.387. The zero-order chi connectivity index (χ0) is 13.9. The Balaban J connectivity index is 2.69. The van der Waals surface area contributed by atoms with Crippen LogP contribution < -0.4 is 5.32 Å². The highest BCUT2D eigenvalue weighted by molar-refractivity contribution is 6.07. The molecule has 0 unspecified atom stereocenters. The van der Waals surface area contributed by atoms with Crippen LogP contribution in [0, 0.1) is 0 Å². The Morgan fingerprint density at radius 1 is 1.39 bits per heavy atom. The van der Waals surface area contributed by atoms with Gasteiger partial charge < -0.3 is 10.4 Å². The number of Topliss-reactive ketones (excluding diaryl/α,β-unsaturated/α-hetero) is 1. The maximum atomic E-state index is 11.9. The number of aromatic amines is 1. The largest absolute Gasteiger partial charge is 0.477 e. The predicted octanol–water partition coefficient (Wildman–Crippen LogP) is 0.568. The van der Waals surface area contributed by atoms with E-state index in [4.69, 9.17) is 5.11 Å². The van der Waals surface area contributed by atoms with Crippen LogP contribution in [0.1, 0.15) is 16.8 Å². The van der Waals surface area contributed by atoms with Gasteiger partial charge in [-0.1, -0.05) is 0 Å². The van der Waals surface area contributed by atoms with Gasteiger partial charge in [-0.3, -0.25) is 14.7 Å². The Hall–Kier alpha value is -2.39. The summed E-state index contributed by atoms with van der Waals surface area (Å²) in [4.78, 5) is 32.2. The minimum atomic E-state index is -5.11. The number of halogens is 3. The van der Waals surface area contributed by atoms with Crippen LogP contribution in [0.3, 0.4) is 0 Å². The van der Waals surface area contributed by atoms with Gasteiger partial charge in [0.05, 0.1) is 12.6 Å². The van der Waals surface area contributed by atoms with Gasteiger partial charge in [0.2, 0.25) is 11.7 Å². The molecule has 10 heteroatoms. The number of nitrogens with zero attached hydrogens (tertiary/aromatic N) is 1. The number of H-pyrrole nitrogens is 1. The summed E-state index contributed by atoms with van der Waals surface area (Å²) in [5, 5.41) is 15.8. The molecule has 1 aromatic heterocycles. The van der Waals surface area contributed by atoms with Crippen LogP contribution in [0.25, 0.3) is 0 Å². The second-order valence-electron chi connectivity index (χ2n) is 3.11. The molecule has 1 rings (SSSR count). The van der Waals surface area contributed by atoms with E-state index in [1.165, 1.54) is 0 Å². The molecule has 0 fully saturated rings. The van der Waals surface area contributed by atoms with Gasteiger partial charge in [0.25, 0.3) is 0 Å². The van der Waals surface area contributed by atoms with Gasteiger partial charge >= 0.3 is 12.1 Å². The molecule has 0 aliphatic rings. The number of hydrogen-bond donors (Lipinski definition) is 3. The Bertz CT molecular complexity index is 494. The third-order valence-corrected chi connectivity index (χ3v) is 1.77. The van der Waals surface area contributed by atoms with E-state index < -0.39 is 35.8 Å². The summed E-state index contributed by atoms with van der Waals surface area (Å²) in [6, 6.07) is 0. The van der Waals surface area contributed by atoms with Crippen molar-refractivity contribution in [1.82, 2.24) is 10.2 Å². The molecular weight excluding hydrogens is 259 g/mol. The van der Waals surface area contributed by atoms with E-state index in [9.17, 15) is 27.6 Å². The molecule has 0 aliphatic carbocycles. The van der Waals surface area contributed by atoms with Crippen molar-refractivity contribution in [2.45, 2.75) is 12.6 Å². The van der Waals surface area contributed by atoms with Gasteiger partial charge in [-0.15, -0.1) is 0 Å². The summed E-state index contributed by atoms with van der Waals surface area (Å²) >= 11 is 0. The highest BCUT2D eigenvalue weighted by atomic mass is 19.4. The maximum absolute atomic E-state index is 11.9. The predicted molar refractivity (Wildman–Crippen MR) is 49.9 cm³/mol. The number of carboxylic acids is 1. The van der Waals surface area contributed by atoms with Crippen molar-refractivity contribution in [3.05, 3.63) is 11.8 Å². The van der Waals surface area contributed by atoms with Crippen LogP contribution in [0.4, 0.5) is 19.0 Å². The standard InChI is InChI=1S/C8H6F3N3O4/c9-8(10,11)4(15)1-5(16)13-6-3(7(17)18)2-12-14-6/h2H,1H2,(H,17,18)(H2,12,13,14,16). The van der Waals surface area contributed by atoms with Gasteiger partial charge in [0.15, 0.2) is 0 Å². The molecule has 0 radical (unpaired) electrons. The molecule has 0 aliphatic heterocycles. The Morgan fingerprint density at radius 3 is 2.50 bits per heavy atom. The lowest BCUT2D eigenvalue weighted by atomic mass is 10.2. The first-order valence-electron chi connectivity index (χ1n) is 4.38. The molecule has 0 saturated carbocycles. The monoisotopic (exact) mass is 265 g/mol. The van der Waals surface area contributed by atoms with Crippen molar-refractivity contribution in [2.24, 2.45) is 0 Å². The summed E-state index contributed by atoms with van der Waals surface area (Å²) < 4.78 is 35.6. The Labute approximate surface area is 97.0 Å². The first kappa shape index (κ1) is 13.7. The molecule has 0 saturated heterocycles. The lowest BCUT2D eigenvalue weighted by Gasteiger charge is -2.05. The molecule has 7 nitrogen and oxygen atoms in total. The molecule has 18 heavy (non-hydrogen) atoms. The minimum Gasteiger partial charge on any atom is -0.477 e. The van der Waals surface area contributed by atoms with Crippen molar-refractivity contribution in [3.63, 3.8) is 0 Å². The fourth-order valence-corrected chi connectivity index (χ4v) is 0.973. The van der Waals surface area contributed by atoms with Crippen molar-refractivity contribution in [2.75, 3.05) is 5.32 Å². The summed E-state index contributed by atoms with van der Waals surface area (Å²) in [6.45, 7) is 0. The number of ketones is 1. The molecule has 3 N–H and O–H groups in total. The van der Waals surface area contributed by atoms with Gasteiger partial charge in [-0.2, -0.15) is 18.3 Å². The highest BCUT2D eigenvalue weighted by Crippen LogP contribution is 2.18. The summed E-state index contributed by atoms with van der Waals surface area (Å²) in [5.74, 6) is -5.33. The maximum Gasteiger partial charge on any atom is 0.450 e. The second kappa shape index (κ2) is 4.85. The second-order valence-corrected chi connectivity index (χ2v) is 3.11. The molecule has 1 aromatic rings. The smallest absolute Gasteiger partial charge is 0.450 e. The molecule has 0 atom stereocenters.